The van der Waals surface area contributed by atoms with Gasteiger partial charge in [-0.2, -0.15) is 14.4 Å². The Bertz CT molecular complexity index is 915. The van der Waals surface area contributed by atoms with Gasteiger partial charge in [-0.05, 0) is 30.3 Å². The van der Waals surface area contributed by atoms with E-state index in [1.54, 1.807) is 10.7 Å². The Kier molecular flexibility index (Phi) is 6.21. The quantitative estimate of drug-likeness (QED) is 0.506. The van der Waals surface area contributed by atoms with Crippen LogP contribution in [-0.2, 0) is 0 Å². The summed E-state index contributed by atoms with van der Waals surface area (Å²) >= 11 is 0. The highest BCUT2D eigenvalue weighted by molar-refractivity contribution is 8.25. The summed E-state index contributed by atoms with van der Waals surface area (Å²) in [5.41, 5.74) is 3.14. The van der Waals surface area contributed by atoms with Crippen molar-refractivity contribution >= 4 is 38.9 Å². The minimum atomic E-state index is -1.03. The number of anilines is 3. The van der Waals surface area contributed by atoms with Crippen molar-refractivity contribution in [2.24, 2.45) is 5.92 Å². The van der Waals surface area contributed by atoms with Crippen LogP contribution >= 0.6 is 10.7 Å². The molecule has 0 amide bonds. The van der Waals surface area contributed by atoms with Gasteiger partial charge in [0.1, 0.15) is 17.4 Å². The van der Waals surface area contributed by atoms with Gasteiger partial charge in [0, 0.05) is 49.5 Å². The molecule has 0 bridgehead atoms. The third kappa shape index (κ3) is 4.74. The number of aromatic nitrogens is 2. The van der Waals surface area contributed by atoms with Gasteiger partial charge < -0.3 is 25.1 Å². The van der Waals surface area contributed by atoms with Gasteiger partial charge in [0.2, 0.25) is 5.95 Å². The Balaban J connectivity index is 1.60. The van der Waals surface area contributed by atoms with Crippen molar-refractivity contribution in [1.82, 2.24) is 19.7 Å². The average Bonchev–Trinajstić information content (AvgIpc) is 3.38. The third-order valence-corrected chi connectivity index (χ3v) is 6.74. The Morgan fingerprint density at radius 2 is 2.20 bits per heavy atom. The fraction of sp³-hybridized carbons (Fsp3) is 0.474. The van der Waals surface area contributed by atoms with Crippen LogP contribution in [0, 0.1) is 5.92 Å². The summed E-state index contributed by atoms with van der Waals surface area (Å²) in [4.78, 5) is 23.1. The van der Waals surface area contributed by atoms with Gasteiger partial charge in [-0.25, -0.2) is 4.79 Å². The molecule has 30 heavy (non-hydrogen) atoms. The topological polar surface area (TPSA) is 119 Å². The van der Waals surface area contributed by atoms with Gasteiger partial charge in [-0.1, -0.05) is 6.92 Å². The molecule has 1 saturated heterocycles. The molecule has 0 radical (unpaired) electrons. The number of hydrogen-bond donors (Lipinski definition) is 4. The summed E-state index contributed by atoms with van der Waals surface area (Å²) in [7, 11) is -1.03. The summed E-state index contributed by atoms with van der Waals surface area (Å²) in [6.45, 7) is 8.05. The Labute approximate surface area is 177 Å². The van der Waals surface area contributed by atoms with Gasteiger partial charge in [0.15, 0.2) is 0 Å². The maximum atomic E-state index is 11.6. The van der Waals surface area contributed by atoms with Gasteiger partial charge in [0.25, 0.3) is 0 Å². The minimum absolute atomic E-state index is 0.0765. The fourth-order valence-electron chi connectivity index (χ4n) is 3.48. The first-order valence-electron chi connectivity index (χ1n) is 9.99. The van der Waals surface area contributed by atoms with E-state index in [9.17, 15) is 9.90 Å². The zero-order valence-electron chi connectivity index (χ0n) is 17.0. The van der Waals surface area contributed by atoms with Crippen LogP contribution in [0.2, 0.25) is 0 Å². The third-order valence-electron chi connectivity index (χ3n) is 4.94. The molecule has 11 heteroatoms. The minimum Gasteiger partial charge on any atom is -0.473 e. The van der Waals surface area contributed by atoms with Crippen molar-refractivity contribution < 1.29 is 14.3 Å². The lowest BCUT2D eigenvalue weighted by Gasteiger charge is -2.29. The van der Waals surface area contributed by atoms with Gasteiger partial charge >= 0.3 is 5.30 Å². The molecule has 162 valence electrons. The molecule has 2 aliphatic rings. The highest BCUT2D eigenvalue weighted by Crippen LogP contribution is 2.30. The number of carbonyl (C=O) groups is 1. The molecule has 4 N–H and O–H groups in total. The van der Waals surface area contributed by atoms with E-state index in [0.717, 1.165) is 37.8 Å². The number of piperazine rings is 1. The van der Waals surface area contributed by atoms with E-state index >= 15 is 0 Å². The zero-order valence-corrected chi connectivity index (χ0v) is 17.9. The van der Waals surface area contributed by atoms with Crippen molar-refractivity contribution in [3.63, 3.8) is 0 Å². The molecule has 2 aromatic heterocycles. The summed E-state index contributed by atoms with van der Waals surface area (Å²) in [6.07, 6.45) is 1.64. The summed E-state index contributed by atoms with van der Waals surface area (Å²) < 4.78 is 7.19. The van der Waals surface area contributed by atoms with E-state index in [-0.39, 0.29) is 12.0 Å². The number of nitrogens with one attached hydrogen (secondary N) is 3. The van der Waals surface area contributed by atoms with Gasteiger partial charge in [-0.3, -0.25) is 5.43 Å². The smallest absolute Gasteiger partial charge is 0.374 e. The predicted octanol–water partition coefficient (Wildman–Crippen LogP) is 2.60. The number of nitrogens with zero attached hydrogens (tertiary/aromatic N) is 4. The molecule has 1 fully saturated rings. The molecule has 10 nitrogen and oxygen atoms in total. The number of hydrazine groups is 1. The fourth-order valence-corrected chi connectivity index (χ4v) is 5.04. The van der Waals surface area contributed by atoms with Gasteiger partial charge in [-0.15, -0.1) is 0 Å². The van der Waals surface area contributed by atoms with E-state index in [4.69, 9.17) is 4.42 Å². The number of furan rings is 1. The largest absolute Gasteiger partial charge is 0.473 e. The number of rotatable bonds is 6. The molecule has 0 aromatic carbocycles. The van der Waals surface area contributed by atoms with E-state index in [2.05, 4.69) is 30.9 Å². The van der Waals surface area contributed by atoms with Crippen LogP contribution < -0.4 is 21.0 Å². The Morgan fingerprint density at radius 3 is 2.90 bits per heavy atom. The number of carboxylic acid groups (broad SMARTS) is 1. The molecule has 0 aliphatic carbocycles. The summed E-state index contributed by atoms with van der Waals surface area (Å²) in [5, 5.41) is 17.2. The second kappa shape index (κ2) is 9.02. The molecule has 4 rings (SSSR count). The molecule has 0 spiro atoms. The molecule has 0 saturated carbocycles. The first kappa shape index (κ1) is 20.6. The Hall–Kier alpha value is -2.63. The normalized spacial score (nSPS) is 23.1. The first-order chi connectivity index (χ1) is 14.5. The molecule has 2 aliphatic heterocycles. The van der Waals surface area contributed by atoms with Crippen molar-refractivity contribution in [2.45, 2.75) is 19.9 Å². The molecule has 4 heterocycles. The summed E-state index contributed by atoms with van der Waals surface area (Å²) in [6, 6.07) is 5.61. The van der Waals surface area contributed by atoms with Crippen LogP contribution in [0.3, 0.4) is 0 Å². The van der Waals surface area contributed by atoms with Crippen LogP contribution in [-0.4, -0.2) is 62.9 Å². The maximum absolute atomic E-state index is 11.6. The monoisotopic (exact) mass is 433 g/mol. The lowest BCUT2D eigenvalue weighted by atomic mass is 10.2. The molecule has 2 aromatic rings. The SMILES string of the molecule is CC1C=S(C(=O)O)N(Nc2nc(NC(C)c3ccco3)cc(N3CCNCC3)n2)C1. The predicted molar refractivity (Wildman–Crippen MR) is 119 cm³/mol. The zero-order chi connectivity index (χ0) is 21.1. The molecule has 3 unspecified atom stereocenters. The Morgan fingerprint density at radius 1 is 1.40 bits per heavy atom. The van der Waals surface area contributed by atoms with Crippen LogP contribution in [0.5, 0.6) is 0 Å². The summed E-state index contributed by atoms with van der Waals surface area (Å²) in [5.74, 6) is 2.81. The maximum Gasteiger partial charge on any atom is 0.374 e. The number of hydrogen-bond acceptors (Lipinski definition) is 9. The van der Waals surface area contributed by atoms with Crippen molar-refractivity contribution in [1.29, 1.82) is 0 Å². The molecule has 3 atom stereocenters. The van der Waals surface area contributed by atoms with E-state index < -0.39 is 16.0 Å². The van der Waals surface area contributed by atoms with Crippen LogP contribution in [0.1, 0.15) is 25.6 Å². The van der Waals surface area contributed by atoms with E-state index in [0.29, 0.717) is 18.3 Å². The van der Waals surface area contributed by atoms with Crippen molar-refractivity contribution in [3.8, 4) is 0 Å². The lowest BCUT2D eigenvalue weighted by molar-refractivity contribution is 0.221. The van der Waals surface area contributed by atoms with Crippen LogP contribution in [0.4, 0.5) is 22.4 Å². The van der Waals surface area contributed by atoms with Crippen molar-refractivity contribution in [2.75, 3.05) is 48.4 Å². The molecular formula is C19H27N7O3S. The second-order valence-corrected chi connectivity index (χ2v) is 9.11. The average molecular weight is 434 g/mol. The first-order valence-corrected chi connectivity index (χ1v) is 11.2. The highest BCUT2D eigenvalue weighted by Gasteiger charge is 2.26. The van der Waals surface area contributed by atoms with Crippen LogP contribution in [0.15, 0.2) is 28.9 Å². The van der Waals surface area contributed by atoms with E-state index in [1.165, 1.54) is 0 Å². The highest BCUT2D eigenvalue weighted by atomic mass is 32.2. The van der Waals surface area contributed by atoms with Gasteiger partial charge in [0.05, 0.1) is 12.3 Å². The second-order valence-electron chi connectivity index (χ2n) is 7.42. The van der Waals surface area contributed by atoms with Crippen LogP contribution in [0.25, 0.3) is 0 Å². The molecular weight excluding hydrogens is 406 g/mol. The van der Waals surface area contributed by atoms with Crippen molar-refractivity contribution in [3.05, 3.63) is 30.2 Å². The lowest BCUT2D eigenvalue weighted by Crippen LogP contribution is -2.44. The van der Waals surface area contributed by atoms with E-state index in [1.807, 2.05) is 37.4 Å². The standard InChI is InChI=1S/C19H27N7O3S/c1-13-11-26(30(12-13)19(27)28)24-18-22-16(21-14(2)15-4-3-9-29-15)10-17(23-18)25-7-5-20-6-8-25/h3-4,9-10,12-14,20H,5-8,11H2,1-2H3,(H,27,28)(H2,21,22,23,24).